The molecule has 0 heterocycles. The van der Waals surface area contributed by atoms with E-state index in [9.17, 15) is 13.0 Å². The van der Waals surface area contributed by atoms with Crippen LogP contribution in [-0.4, -0.2) is 21.6 Å². The Labute approximate surface area is 166 Å². The minimum absolute atomic E-state index is 0.136. The monoisotopic (exact) mass is 422 g/mol. The first-order chi connectivity index (χ1) is 13.4. The van der Waals surface area contributed by atoms with Crippen molar-refractivity contribution in [1.82, 2.24) is 0 Å². The number of allylic oxidation sites excluding steroid dienone is 2. The summed E-state index contributed by atoms with van der Waals surface area (Å²) in [6.07, 6.45) is 2.74. The van der Waals surface area contributed by atoms with Crippen molar-refractivity contribution in [2.24, 2.45) is 0 Å². The molecule has 0 radical (unpaired) electrons. The minimum Gasteiger partial charge on any atom is -0.403 e. The fraction of sp³-hybridized carbons (Fsp3) is 0.200. The molecular formula is C20H23O6PS. The van der Waals surface area contributed by atoms with E-state index in [0.29, 0.717) is 5.56 Å². The summed E-state index contributed by atoms with van der Waals surface area (Å²) in [5.41, 5.74) is 0.601. The van der Waals surface area contributed by atoms with Crippen molar-refractivity contribution < 1.29 is 26.6 Å². The van der Waals surface area contributed by atoms with E-state index >= 15 is 0 Å². The zero-order valence-corrected chi connectivity index (χ0v) is 17.4. The molecule has 2 aromatic rings. The highest BCUT2D eigenvalue weighted by molar-refractivity contribution is 7.94. The van der Waals surface area contributed by atoms with Gasteiger partial charge in [-0.3, -0.25) is 9.05 Å². The van der Waals surface area contributed by atoms with E-state index in [-0.39, 0.29) is 23.9 Å². The molecule has 0 atom stereocenters. The molecule has 6 nitrogen and oxygen atoms in total. The molecule has 0 aliphatic rings. The van der Waals surface area contributed by atoms with E-state index in [0.717, 1.165) is 5.41 Å². The summed E-state index contributed by atoms with van der Waals surface area (Å²) in [4.78, 5) is 0.177. The van der Waals surface area contributed by atoms with Crippen LogP contribution >= 0.6 is 7.82 Å². The van der Waals surface area contributed by atoms with Gasteiger partial charge < -0.3 is 4.52 Å². The van der Waals surface area contributed by atoms with Crippen molar-refractivity contribution in [3.05, 3.63) is 83.8 Å². The molecule has 0 bridgehead atoms. The van der Waals surface area contributed by atoms with Gasteiger partial charge in [0, 0.05) is 11.0 Å². The SMILES string of the molecule is CCOP(=O)(OCC)O/C(=C\C=C\S(=O)(=O)c1ccccc1)c1ccccc1. The lowest BCUT2D eigenvalue weighted by atomic mass is 10.2. The maximum Gasteiger partial charge on any atom is 0.530 e. The summed E-state index contributed by atoms with van der Waals surface area (Å²) in [5.74, 6) is 0.172. The molecule has 0 saturated carbocycles. The van der Waals surface area contributed by atoms with Crippen LogP contribution in [0.25, 0.3) is 5.76 Å². The molecule has 0 aromatic heterocycles. The van der Waals surface area contributed by atoms with E-state index in [1.807, 2.05) is 6.07 Å². The maximum absolute atomic E-state index is 12.7. The second-order valence-electron chi connectivity index (χ2n) is 5.46. The molecule has 0 amide bonds. The summed E-state index contributed by atoms with van der Waals surface area (Å²) in [6.45, 7) is 3.62. The number of hydrogen-bond acceptors (Lipinski definition) is 6. The van der Waals surface area contributed by atoms with Crippen LogP contribution in [0.3, 0.4) is 0 Å². The number of rotatable bonds is 10. The topological polar surface area (TPSA) is 78.9 Å². The summed E-state index contributed by atoms with van der Waals surface area (Å²) in [6, 6.07) is 16.9. The lowest BCUT2D eigenvalue weighted by molar-refractivity contribution is 0.159. The Morgan fingerprint density at radius 3 is 2.00 bits per heavy atom. The summed E-state index contributed by atoms with van der Waals surface area (Å²) < 4.78 is 53.4. The van der Waals surface area contributed by atoms with Crippen LogP contribution < -0.4 is 0 Å². The zero-order chi connectivity index (χ0) is 20.5. The maximum atomic E-state index is 12.7. The van der Waals surface area contributed by atoms with Crippen LogP contribution in [0, 0.1) is 0 Å². The molecule has 2 rings (SSSR count). The largest absolute Gasteiger partial charge is 0.530 e. The normalized spacial score (nSPS) is 13.0. The number of hydrogen-bond donors (Lipinski definition) is 0. The van der Waals surface area contributed by atoms with Crippen molar-refractivity contribution in [2.75, 3.05) is 13.2 Å². The van der Waals surface area contributed by atoms with Gasteiger partial charge in [0.05, 0.1) is 18.1 Å². The van der Waals surface area contributed by atoms with Crippen LogP contribution in [0.2, 0.25) is 0 Å². The summed E-state index contributed by atoms with van der Waals surface area (Å²) >= 11 is 0. The van der Waals surface area contributed by atoms with Crippen molar-refractivity contribution in [2.45, 2.75) is 18.7 Å². The van der Waals surface area contributed by atoms with Crippen LogP contribution in [0.15, 0.2) is 83.1 Å². The minimum atomic E-state index is -3.83. The van der Waals surface area contributed by atoms with Crippen molar-refractivity contribution in [1.29, 1.82) is 0 Å². The van der Waals surface area contributed by atoms with Gasteiger partial charge in [0.1, 0.15) is 5.76 Å². The van der Waals surface area contributed by atoms with Crippen molar-refractivity contribution >= 4 is 23.4 Å². The number of phosphoric ester groups is 1. The highest BCUT2D eigenvalue weighted by atomic mass is 32.2. The van der Waals surface area contributed by atoms with Gasteiger partial charge in [0.25, 0.3) is 0 Å². The summed E-state index contributed by atoms with van der Waals surface area (Å²) in [7, 11) is -7.45. The Balaban J connectivity index is 2.35. The zero-order valence-electron chi connectivity index (χ0n) is 15.7. The molecule has 0 unspecified atom stereocenters. The molecule has 0 saturated heterocycles. The fourth-order valence-corrected chi connectivity index (χ4v) is 4.43. The van der Waals surface area contributed by atoms with Gasteiger partial charge in [0.2, 0.25) is 0 Å². The van der Waals surface area contributed by atoms with Gasteiger partial charge >= 0.3 is 7.82 Å². The molecule has 150 valence electrons. The highest BCUT2D eigenvalue weighted by Gasteiger charge is 2.28. The quantitative estimate of drug-likeness (QED) is 0.297. The number of phosphoric acid groups is 1. The molecule has 0 spiro atoms. The predicted molar refractivity (Wildman–Crippen MR) is 109 cm³/mol. The Bertz CT molecular complexity index is 943. The molecule has 0 fully saturated rings. The smallest absolute Gasteiger partial charge is 0.403 e. The first-order valence-corrected chi connectivity index (χ1v) is 11.7. The number of sulfone groups is 1. The second-order valence-corrected chi connectivity index (χ2v) is 8.88. The molecule has 28 heavy (non-hydrogen) atoms. The average molecular weight is 422 g/mol. The van der Waals surface area contributed by atoms with Gasteiger partial charge in [-0.1, -0.05) is 48.5 Å². The van der Waals surface area contributed by atoms with E-state index in [4.69, 9.17) is 13.6 Å². The molecule has 8 heteroatoms. The third-order valence-electron chi connectivity index (χ3n) is 3.42. The van der Waals surface area contributed by atoms with E-state index in [1.54, 1.807) is 56.3 Å². The third-order valence-corrected chi connectivity index (χ3v) is 6.43. The number of benzene rings is 2. The fourth-order valence-electron chi connectivity index (χ4n) is 2.23. The second kappa shape index (κ2) is 10.4. The van der Waals surface area contributed by atoms with E-state index in [2.05, 4.69) is 0 Å². The lowest BCUT2D eigenvalue weighted by Crippen LogP contribution is -2.00. The molecule has 0 aliphatic heterocycles. The van der Waals surface area contributed by atoms with Gasteiger partial charge in [-0.2, -0.15) is 0 Å². The first kappa shape index (κ1) is 22.1. The Kier molecular flexibility index (Phi) is 8.20. The first-order valence-electron chi connectivity index (χ1n) is 8.73. The van der Waals surface area contributed by atoms with Crippen LogP contribution in [0.5, 0.6) is 0 Å². The van der Waals surface area contributed by atoms with Crippen LogP contribution in [0.1, 0.15) is 19.4 Å². The molecule has 0 aliphatic carbocycles. The standard InChI is InChI=1S/C20H23O6PS/c1-3-24-27(21,25-4-2)26-20(18-12-7-5-8-13-18)16-11-17-28(22,23)19-14-9-6-10-15-19/h5-17H,3-4H2,1-2H3/b17-11+,20-16-. The van der Waals surface area contributed by atoms with Crippen LogP contribution in [0.4, 0.5) is 0 Å². The highest BCUT2D eigenvalue weighted by Crippen LogP contribution is 2.52. The predicted octanol–water partition coefficient (Wildman–Crippen LogP) is 5.21. The molecular weight excluding hydrogens is 399 g/mol. The van der Waals surface area contributed by atoms with Crippen molar-refractivity contribution in [3.63, 3.8) is 0 Å². The van der Waals surface area contributed by atoms with E-state index in [1.165, 1.54) is 24.3 Å². The van der Waals surface area contributed by atoms with Crippen LogP contribution in [-0.2, 0) is 28.0 Å². The average Bonchev–Trinajstić information content (AvgIpc) is 2.69. The van der Waals surface area contributed by atoms with E-state index < -0.39 is 17.7 Å². The Hall–Kier alpha value is -2.18. The lowest BCUT2D eigenvalue weighted by Gasteiger charge is -2.19. The van der Waals surface area contributed by atoms with Gasteiger partial charge in [-0.05, 0) is 38.1 Å². The van der Waals surface area contributed by atoms with Gasteiger partial charge in [-0.25, -0.2) is 13.0 Å². The molecule has 0 N–H and O–H groups in total. The Morgan fingerprint density at radius 1 is 0.929 bits per heavy atom. The Morgan fingerprint density at radius 2 is 1.46 bits per heavy atom. The third kappa shape index (κ3) is 6.46. The summed E-state index contributed by atoms with van der Waals surface area (Å²) in [5, 5.41) is 1.06. The van der Waals surface area contributed by atoms with Gasteiger partial charge in [-0.15, -0.1) is 0 Å². The van der Waals surface area contributed by atoms with Gasteiger partial charge in [0.15, 0.2) is 9.84 Å². The molecule has 2 aromatic carbocycles. The van der Waals surface area contributed by atoms with Crippen molar-refractivity contribution in [3.8, 4) is 0 Å².